The van der Waals surface area contributed by atoms with E-state index in [-0.39, 0.29) is 30.2 Å². The Kier molecular flexibility index (Phi) is 3.95. The van der Waals surface area contributed by atoms with Crippen LogP contribution in [0.5, 0.6) is 5.75 Å². The second-order valence-corrected chi connectivity index (χ2v) is 7.01. The Labute approximate surface area is 145 Å². The number of nitrogens with one attached hydrogen (secondary N) is 2. The molecule has 7 nitrogen and oxygen atoms in total. The first-order valence-corrected chi connectivity index (χ1v) is 8.68. The normalized spacial score (nSPS) is 28.9. The number of fused-ring (bicyclic) bond motifs is 1. The maximum atomic E-state index is 12.6. The van der Waals surface area contributed by atoms with Gasteiger partial charge in [-0.05, 0) is 30.2 Å². The van der Waals surface area contributed by atoms with E-state index in [2.05, 4.69) is 17.6 Å². The van der Waals surface area contributed by atoms with Crippen LogP contribution < -0.4 is 15.4 Å². The highest BCUT2D eigenvalue weighted by atomic mass is 16.5. The number of benzene rings is 1. The van der Waals surface area contributed by atoms with Crippen molar-refractivity contribution >= 4 is 17.7 Å². The van der Waals surface area contributed by atoms with Crippen molar-refractivity contribution in [3.05, 3.63) is 29.3 Å². The van der Waals surface area contributed by atoms with Crippen LogP contribution in [0.1, 0.15) is 35.7 Å². The molecule has 0 spiro atoms. The molecule has 2 fully saturated rings. The lowest BCUT2D eigenvalue weighted by atomic mass is 10.0. The Morgan fingerprint density at radius 3 is 2.76 bits per heavy atom. The Morgan fingerprint density at radius 2 is 2.04 bits per heavy atom. The predicted molar refractivity (Wildman–Crippen MR) is 88.9 cm³/mol. The van der Waals surface area contributed by atoms with Gasteiger partial charge in [0.05, 0.1) is 0 Å². The summed E-state index contributed by atoms with van der Waals surface area (Å²) < 4.78 is 6.05. The lowest BCUT2D eigenvalue weighted by Gasteiger charge is -2.29. The molecule has 0 bridgehead atoms. The summed E-state index contributed by atoms with van der Waals surface area (Å²) in [5, 5.41) is 5.62. The lowest BCUT2D eigenvalue weighted by Crippen LogP contribution is -2.52. The first-order chi connectivity index (χ1) is 12.0. The van der Waals surface area contributed by atoms with Gasteiger partial charge in [0.1, 0.15) is 17.9 Å². The van der Waals surface area contributed by atoms with E-state index in [4.69, 9.17) is 4.74 Å². The molecule has 0 saturated carbocycles. The van der Waals surface area contributed by atoms with Crippen molar-refractivity contribution in [3.8, 4) is 5.75 Å². The molecule has 0 radical (unpaired) electrons. The molecule has 2 N–H and O–H groups in total. The average molecular weight is 343 g/mol. The Bertz CT molecular complexity index is 748. The molecule has 25 heavy (non-hydrogen) atoms. The highest BCUT2D eigenvalue weighted by Gasteiger charge is 2.39. The highest BCUT2D eigenvalue weighted by Crippen LogP contribution is 2.31. The molecule has 132 valence electrons. The SMILES string of the molecule is C[C@@H]1CNC[C@H]1Oc1ccc2c(c1)CN(C1CCC(=O)NC1=O)C2=O. The third-order valence-electron chi connectivity index (χ3n) is 5.23. The largest absolute Gasteiger partial charge is 0.489 e. The molecule has 3 heterocycles. The van der Waals surface area contributed by atoms with E-state index in [9.17, 15) is 14.4 Å². The van der Waals surface area contributed by atoms with Crippen LogP contribution in [0.2, 0.25) is 0 Å². The molecule has 7 heteroatoms. The fraction of sp³-hybridized carbons (Fsp3) is 0.500. The summed E-state index contributed by atoms with van der Waals surface area (Å²) in [6, 6.07) is 4.90. The number of rotatable bonds is 3. The molecule has 1 aromatic rings. The molecular weight excluding hydrogens is 322 g/mol. The van der Waals surface area contributed by atoms with E-state index in [0.717, 1.165) is 24.4 Å². The molecular formula is C18H21N3O4. The van der Waals surface area contributed by atoms with E-state index >= 15 is 0 Å². The third kappa shape index (κ3) is 2.89. The van der Waals surface area contributed by atoms with Crippen LogP contribution in [0.15, 0.2) is 18.2 Å². The number of nitrogens with zero attached hydrogens (tertiary/aromatic N) is 1. The molecule has 0 aromatic heterocycles. The van der Waals surface area contributed by atoms with Gasteiger partial charge in [0.2, 0.25) is 11.8 Å². The van der Waals surface area contributed by atoms with Gasteiger partial charge in [-0.1, -0.05) is 6.92 Å². The fourth-order valence-corrected chi connectivity index (χ4v) is 3.74. The molecule has 3 aliphatic rings. The summed E-state index contributed by atoms with van der Waals surface area (Å²) in [7, 11) is 0. The van der Waals surface area contributed by atoms with Gasteiger partial charge in [-0.25, -0.2) is 0 Å². The summed E-state index contributed by atoms with van der Waals surface area (Å²) in [4.78, 5) is 37.6. The number of carbonyl (C=O) groups excluding carboxylic acids is 3. The summed E-state index contributed by atoms with van der Waals surface area (Å²) >= 11 is 0. The van der Waals surface area contributed by atoms with E-state index in [1.54, 1.807) is 11.0 Å². The summed E-state index contributed by atoms with van der Waals surface area (Å²) in [6.07, 6.45) is 0.762. The van der Waals surface area contributed by atoms with Crippen LogP contribution in [0.25, 0.3) is 0 Å². The average Bonchev–Trinajstić information content (AvgIpc) is 3.12. The number of imide groups is 1. The highest BCUT2D eigenvalue weighted by molar-refractivity contribution is 6.05. The third-order valence-corrected chi connectivity index (χ3v) is 5.23. The van der Waals surface area contributed by atoms with Crippen LogP contribution in [-0.4, -0.2) is 47.9 Å². The standard InChI is InChI=1S/C18H21N3O4/c1-10-7-19-8-15(10)25-12-2-3-13-11(6-12)9-21(18(13)24)14-4-5-16(22)20-17(14)23/h2-3,6,10,14-15,19H,4-5,7-9H2,1H3,(H,20,22,23)/t10-,14?,15-/m1/s1. The Balaban J connectivity index is 1.51. The lowest BCUT2D eigenvalue weighted by molar-refractivity contribution is -0.136. The second kappa shape index (κ2) is 6.15. The van der Waals surface area contributed by atoms with Crippen LogP contribution in [0, 0.1) is 5.92 Å². The van der Waals surface area contributed by atoms with Crippen molar-refractivity contribution in [2.75, 3.05) is 13.1 Å². The number of hydrogen-bond acceptors (Lipinski definition) is 5. The Hall–Kier alpha value is -2.41. The van der Waals surface area contributed by atoms with Gasteiger partial charge in [-0.15, -0.1) is 0 Å². The van der Waals surface area contributed by atoms with Gasteiger partial charge in [0.15, 0.2) is 0 Å². The molecule has 1 aromatic carbocycles. The van der Waals surface area contributed by atoms with Crippen molar-refractivity contribution in [3.63, 3.8) is 0 Å². The van der Waals surface area contributed by atoms with Gasteiger partial charge in [-0.3, -0.25) is 19.7 Å². The van der Waals surface area contributed by atoms with Gasteiger partial charge in [-0.2, -0.15) is 0 Å². The maximum absolute atomic E-state index is 12.6. The number of hydrogen-bond donors (Lipinski definition) is 2. The number of carbonyl (C=O) groups is 3. The minimum absolute atomic E-state index is 0.126. The molecule has 2 saturated heterocycles. The molecule has 1 unspecified atom stereocenters. The van der Waals surface area contributed by atoms with E-state index in [1.807, 2.05) is 12.1 Å². The summed E-state index contributed by atoms with van der Waals surface area (Å²) in [5.74, 6) is 0.360. The van der Waals surface area contributed by atoms with Crippen molar-refractivity contribution in [1.29, 1.82) is 0 Å². The number of amides is 3. The zero-order chi connectivity index (χ0) is 17.6. The van der Waals surface area contributed by atoms with Gasteiger partial charge >= 0.3 is 0 Å². The monoisotopic (exact) mass is 343 g/mol. The molecule has 4 rings (SSSR count). The topological polar surface area (TPSA) is 87.7 Å². The predicted octanol–water partition coefficient (Wildman–Crippen LogP) is 0.434. The van der Waals surface area contributed by atoms with Gasteiger partial charge < -0.3 is 15.0 Å². The number of piperidine rings is 1. The zero-order valence-electron chi connectivity index (χ0n) is 14.1. The minimum Gasteiger partial charge on any atom is -0.489 e. The van der Waals surface area contributed by atoms with E-state index < -0.39 is 6.04 Å². The Morgan fingerprint density at radius 1 is 1.20 bits per heavy atom. The smallest absolute Gasteiger partial charge is 0.255 e. The van der Waals surface area contributed by atoms with E-state index in [0.29, 0.717) is 24.4 Å². The van der Waals surface area contributed by atoms with Crippen molar-refractivity contribution < 1.29 is 19.1 Å². The van der Waals surface area contributed by atoms with Crippen molar-refractivity contribution in [1.82, 2.24) is 15.5 Å². The quantitative estimate of drug-likeness (QED) is 0.778. The molecule has 0 aliphatic carbocycles. The van der Waals surface area contributed by atoms with Crippen molar-refractivity contribution in [2.24, 2.45) is 5.92 Å². The molecule has 3 atom stereocenters. The van der Waals surface area contributed by atoms with Crippen molar-refractivity contribution in [2.45, 2.75) is 38.5 Å². The summed E-state index contributed by atoms with van der Waals surface area (Å²) in [6.45, 7) is 4.28. The summed E-state index contributed by atoms with van der Waals surface area (Å²) in [5.41, 5.74) is 1.47. The van der Waals surface area contributed by atoms with Gasteiger partial charge in [0.25, 0.3) is 5.91 Å². The minimum atomic E-state index is -0.582. The zero-order valence-corrected chi connectivity index (χ0v) is 14.1. The maximum Gasteiger partial charge on any atom is 0.255 e. The molecule has 3 amide bonds. The number of ether oxygens (including phenoxy) is 1. The first-order valence-electron chi connectivity index (χ1n) is 8.68. The second-order valence-electron chi connectivity index (χ2n) is 7.01. The van der Waals surface area contributed by atoms with Crippen LogP contribution in [0.3, 0.4) is 0 Å². The molecule has 3 aliphatic heterocycles. The van der Waals surface area contributed by atoms with E-state index in [1.165, 1.54) is 0 Å². The van der Waals surface area contributed by atoms with Crippen LogP contribution in [0.4, 0.5) is 0 Å². The fourth-order valence-electron chi connectivity index (χ4n) is 3.74. The van der Waals surface area contributed by atoms with Gasteiger partial charge in [0, 0.05) is 37.5 Å². The van der Waals surface area contributed by atoms with Crippen LogP contribution >= 0.6 is 0 Å². The van der Waals surface area contributed by atoms with Crippen LogP contribution in [-0.2, 0) is 16.1 Å². The first kappa shape index (κ1) is 16.1.